The maximum absolute atomic E-state index is 10.8. The van der Waals surface area contributed by atoms with E-state index in [0.717, 1.165) is 24.8 Å². The lowest BCUT2D eigenvalue weighted by atomic mass is 9.70. The van der Waals surface area contributed by atoms with E-state index in [1.165, 1.54) is 12.8 Å². The fourth-order valence-electron chi connectivity index (χ4n) is 2.88. The van der Waals surface area contributed by atoms with Gasteiger partial charge in [0.05, 0.1) is 5.60 Å². The van der Waals surface area contributed by atoms with E-state index in [1.807, 2.05) is 18.2 Å². The zero-order valence-electron chi connectivity index (χ0n) is 9.45. The lowest BCUT2D eigenvalue weighted by Gasteiger charge is -2.40. The molecule has 1 aliphatic rings. The Balaban J connectivity index is 2.30. The summed E-state index contributed by atoms with van der Waals surface area (Å²) in [5, 5.41) is 10.8. The first-order chi connectivity index (χ1) is 7.27. The molecular formula is C14H20O. The van der Waals surface area contributed by atoms with Gasteiger partial charge >= 0.3 is 0 Å². The van der Waals surface area contributed by atoms with Crippen molar-refractivity contribution in [2.45, 2.75) is 44.6 Å². The minimum Gasteiger partial charge on any atom is -0.385 e. The highest BCUT2D eigenvalue weighted by atomic mass is 16.3. The van der Waals surface area contributed by atoms with E-state index < -0.39 is 5.60 Å². The Morgan fingerprint density at radius 2 is 2.00 bits per heavy atom. The first kappa shape index (κ1) is 10.7. The van der Waals surface area contributed by atoms with Gasteiger partial charge in [0, 0.05) is 0 Å². The average molecular weight is 204 g/mol. The number of benzene rings is 1. The minimum atomic E-state index is -0.561. The van der Waals surface area contributed by atoms with Crippen molar-refractivity contribution in [1.29, 1.82) is 0 Å². The molecule has 1 saturated carbocycles. The zero-order valence-corrected chi connectivity index (χ0v) is 9.45. The maximum atomic E-state index is 10.8. The summed E-state index contributed by atoms with van der Waals surface area (Å²) in [6.45, 7) is 2.18. The van der Waals surface area contributed by atoms with E-state index in [2.05, 4.69) is 19.1 Å². The third kappa shape index (κ3) is 1.93. The first-order valence-electron chi connectivity index (χ1n) is 6.05. The van der Waals surface area contributed by atoms with Crippen LogP contribution >= 0.6 is 0 Å². The van der Waals surface area contributed by atoms with Crippen LogP contribution in [-0.2, 0) is 5.60 Å². The summed E-state index contributed by atoms with van der Waals surface area (Å²) in [6.07, 6.45) is 5.60. The van der Waals surface area contributed by atoms with E-state index >= 15 is 0 Å². The topological polar surface area (TPSA) is 20.2 Å². The average Bonchev–Trinajstić information content (AvgIpc) is 2.31. The van der Waals surface area contributed by atoms with Gasteiger partial charge in [0.25, 0.3) is 0 Å². The number of hydrogen-bond acceptors (Lipinski definition) is 1. The van der Waals surface area contributed by atoms with Crippen molar-refractivity contribution in [3.05, 3.63) is 35.9 Å². The number of rotatable bonds is 2. The molecule has 2 atom stereocenters. The SMILES string of the molecule is CC[C@H]1CCCC[C@]1(O)c1ccccc1. The Hall–Kier alpha value is -0.820. The van der Waals surface area contributed by atoms with Gasteiger partial charge in [0.2, 0.25) is 0 Å². The van der Waals surface area contributed by atoms with E-state index in [0.29, 0.717) is 5.92 Å². The summed E-state index contributed by atoms with van der Waals surface area (Å²) >= 11 is 0. The monoisotopic (exact) mass is 204 g/mol. The zero-order chi connectivity index (χ0) is 10.7. The van der Waals surface area contributed by atoms with Gasteiger partial charge < -0.3 is 5.11 Å². The molecule has 2 rings (SSSR count). The third-order valence-electron chi connectivity index (χ3n) is 3.80. The van der Waals surface area contributed by atoms with Crippen molar-refractivity contribution in [2.75, 3.05) is 0 Å². The molecule has 1 fully saturated rings. The quantitative estimate of drug-likeness (QED) is 0.782. The Morgan fingerprint density at radius 3 is 2.67 bits per heavy atom. The molecule has 0 aromatic heterocycles. The Bertz CT molecular complexity index is 306. The molecule has 82 valence electrons. The first-order valence-corrected chi connectivity index (χ1v) is 6.05. The number of aliphatic hydroxyl groups is 1. The second kappa shape index (κ2) is 4.36. The predicted octanol–water partition coefficient (Wildman–Crippen LogP) is 3.47. The summed E-state index contributed by atoms with van der Waals surface area (Å²) in [7, 11) is 0. The molecule has 0 amide bonds. The van der Waals surface area contributed by atoms with E-state index in [9.17, 15) is 5.11 Å². The van der Waals surface area contributed by atoms with Gasteiger partial charge in [-0.25, -0.2) is 0 Å². The highest BCUT2D eigenvalue weighted by Gasteiger charge is 2.38. The second-order valence-electron chi connectivity index (χ2n) is 4.64. The highest BCUT2D eigenvalue weighted by molar-refractivity contribution is 5.23. The molecule has 1 aromatic carbocycles. The van der Waals surface area contributed by atoms with Crippen molar-refractivity contribution < 1.29 is 5.11 Å². The molecule has 1 heteroatoms. The molecule has 0 aliphatic heterocycles. The fourth-order valence-corrected chi connectivity index (χ4v) is 2.88. The van der Waals surface area contributed by atoms with E-state index in [-0.39, 0.29) is 0 Å². The summed E-state index contributed by atoms with van der Waals surface area (Å²) < 4.78 is 0. The summed E-state index contributed by atoms with van der Waals surface area (Å²) in [5.41, 5.74) is 0.547. The largest absolute Gasteiger partial charge is 0.385 e. The molecule has 0 spiro atoms. The van der Waals surface area contributed by atoms with Crippen LogP contribution in [0, 0.1) is 5.92 Å². The smallest absolute Gasteiger partial charge is 0.0924 e. The molecule has 1 nitrogen and oxygen atoms in total. The van der Waals surface area contributed by atoms with Crippen molar-refractivity contribution in [1.82, 2.24) is 0 Å². The van der Waals surface area contributed by atoms with Gasteiger partial charge in [-0.1, -0.05) is 56.5 Å². The fraction of sp³-hybridized carbons (Fsp3) is 0.571. The molecule has 0 unspecified atom stereocenters. The summed E-state index contributed by atoms with van der Waals surface area (Å²) in [5.74, 6) is 0.439. The van der Waals surface area contributed by atoms with Crippen LogP contribution in [0.3, 0.4) is 0 Å². The predicted molar refractivity (Wildman–Crippen MR) is 62.6 cm³/mol. The molecule has 0 saturated heterocycles. The van der Waals surface area contributed by atoms with Crippen molar-refractivity contribution >= 4 is 0 Å². The summed E-state index contributed by atoms with van der Waals surface area (Å²) in [4.78, 5) is 0. The molecule has 1 aliphatic carbocycles. The molecule has 0 radical (unpaired) electrons. The lowest BCUT2D eigenvalue weighted by molar-refractivity contribution is -0.0557. The Kier molecular flexibility index (Phi) is 3.11. The van der Waals surface area contributed by atoms with Crippen LogP contribution in [0.25, 0.3) is 0 Å². The van der Waals surface area contributed by atoms with Crippen LogP contribution in [0.5, 0.6) is 0 Å². The Morgan fingerprint density at radius 1 is 1.27 bits per heavy atom. The normalized spacial score (nSPS) is 31.5. The van der Waals surface area contributed by atoms with Gasteiger partial charge in [-0.05, 0) is 24.3 Å². The maximum Gasteiger partial charge on any atom is 0.0924 e. The van der Waals surface area contributed by atoms with E-state index in [1.54, 1.807) is 0 Å². The molecule has 0 heterocycles. The van der Waals surface area contributed by atoms with E-state index in [4.69, 9.17) is 0 Å². The van der Waals surface area contributed by atoms with Gasteiger partial charge in [-0.3, -0.25) is 0 Å². The molecular weight excluding hydrogens is 184 g/mol. The van der Waals surface area contributed by atoms with Crippen LogP contribution in [0.4, 0.5) is 0 Å². The Labute approximate surface area is 92.1 Å². The van der Waals surface area contributed by atoms with Crippen LogP contribution in [0.15, 0.2) is 30.3 Å². The molecule has 1 aromatic rings. The molecule has 0 bridgehead atoms. The minimum absolute atomic E-state index is 0.439. The number of hydrogen-bond donors (Lipinski definition) is 1. The van der Waals surface area contributed by atoms with Crippen LogP contribution in [0.2, 0.25) is 0 Å². The van der Waals surface area contributed by atoms with Gasteiger partial charge in [0.1, 0.15) is 0 Å². The van der Waals surface area contributed by atoms with Crippen molar-refractivity contribution in [3.8, 4) is 0 Å². The second-order valence-corrected chi connectivity index (χ2v) is 4.64. The third-order valence-corrected chi connectivity index (χ3v) is 3.80. The van der Waals surface area contributed by atoms with Crippen molar-refractivity contribution in [3.63, 3.8) is 0 Å². The van der Waals surface area contributed by atoms with Crippen LogP contribution in [-0.4, -0.2) is 5.11 Å². The highest BCUT2D eigenvalue weighted by Crippen LogP contribution is 2.42. The van der Waals surface area contributed by atoms with Gasteiger partial charge in [-0.2, -0.15) is 0 Å². The van der Waals surface area contributed by atoms with Gasteiger partial charge in [-0.15, -0.1) is 0 Å². The lowest BCUT2D eigenvalue weighted by Crippen LogP contribution is -2.37. The van der Waals surface area contributed by atoms with Crippen LogP contribution < -0.4 is 0 Å². The standard InChI is InChI=1S/C14H20O/c1-2-12-8-6-7-11-14(12,15)13-9-4-3-5-10-13/h3-5,9-10,12,15H,2,6-8,11H2,1H3/t12-,14+/m0/s1. The van der Waals surface area contributed by atoms with Crippen molar-refractivity contribution in [2.24, 2.45) is 5.92 Å². The van der Waals surface area contributed by atoms with Gasteiger partial charge in [0.15, 0.2) is 0 Å². The summed E-state index contributed by atoms with van der Waals surface area (Å²) in [6, 6.07) is 10.2. The van der Waals surface area contributed by atoms with Crippen LogP contribution in [0.1, 0.15) is 44.6 Å². The molecule has 1 N–H and O–H groups in total. The molecule has 15 heavy (non-hydrogen) atoms.